The minimum atomic E-state index is 0.321. The van der Waals surface area contributed by atoms with Gasteiger partial charge in [-0.3, -0.25) is 10.00 Å². The molecule has 0 saturated carbocycles. The van der Waals surface area contributed by atoms with Gasteiger partial charge in [-0.05, 0) is 44.7 Å². The van der Waals surface area contributed by atoms with Crippen LogP contribution in [0.3, 0.4) is 0 Å². The standard InChI is InChI=1S/C24H32N8/c1-4-18-14-17(15-19(5-2)32(18)12-8-11-25)26-23-20-9-6-7-10-21(20)27-24(29-23)28-22-13-16(3)30-31-22/h6-7,9-10,13,17-19H,4-5,8,12,14-15H2,1-3H3,(H3,26,27,28,29,30,31). The molecule has 2 atom stereocenters. The van der Waals surface area contributed by atoms with Gasteiger partial charge in [0.25, 0.3) is 0 Å². The molecule has 0 amide bonds. The van der Waals surface area contributed by atoms with Gasteiger partial charge in [0.15, 0.2) is 5.82 Å². The number of aryl methyl sites for hydroxylation is 1. The third-order valence-electron chi connectivity index (χ3n) is 6.37. The van der Waals surface area contributed by atoms with Crippen LogP contribution >= 0.6 is 0 Å². The zero-order valence-electron chi connectivity index (χ0n) is 19.1. The molecule has 1 aliphatic rings. The molecule has 0 bridgehead atoms. The topological polar surface area (TPSA) is 106 Å². The van der Waals surface area contributed by atoms with Gasteiger partial charge in [0, 0.05) is 48.2 Å². The first-order valence-electron chi connectivity index (χ1n) is 11.6. The lowest BCUT2D eigenvalue weighted by Gasteiger charge is -2.45. The van der Waals surface area contributed by atoms with Crippen LogP contribution < -0.4 is 10.6 Å². The van der Waals surface area contributed by atoms with Crippen LogP contribution in [0.5, 0.6) is 0 Å². The molecule has 2 aromatic heterocycles. The average molecular weight is 433 g/mol. The van der Waals surface area contributed by atoms with Crippen LogP contribution in [0, 0.1) is 18.3 Å². The van der Waals surface area contributed by atoms with Gasteiger partial charge in [0.1, 0.15) is 5.82 Å². The Labute approximate surface area is 189 Å². The second kappa shape index (κ2) is 9.96. The Bertz CT molecular complexity index is 1070. The van der Waals surface area contributed by atoms with Crippen molar-refractivity contribution in [2.45, 2.75) is 71.0 Å². The molecular formula is C24H32N8. The van der Waals surface area contributed by atoms with Gasteiger partial charge in [-0.15, -0.1) is 0 Å². The first kappa shape index (κ1) is 22.0. The first-order valence-corrected chi connectivity index (χ1v) is 11.6. The van der Waals surface area contributed by atoms with Crippen molar-refractivity contribution in [3.8, 4) is 6.07 Å². The van der Waals surface area contributed by atoms with Gasteiger partial charge < -0.3 is 10.6 Å². The fourth-order valence-corrected chi connectivity index (χ4v) is 4.82. The van der Waals surface area contributed by atoms with E-state index in [0.717, 1.165) is 54.6 Å². The maximum atomic E-state index is 9.08. The van der Waals surface area contributed by atoms with Crippen molar-refractivity contribution in [3.05, 3.63) is 36.0 Å². The lowest BCUT2D eigenvalue weighted by molar-refractivity contribution is 0.0735. The number of likely N-dealkylation sites (tertiary alicyclic amines) is 1. The Balaban J connectivity index is 1.59. The van der Waals surface area contributed by atoms with E-state index < -0.39 is 0 Å². The summed E-state index contributed by atoms with van der Waals surface area (Å²) in [6.07, 6.45) is 4.82. The number of fused-ring (bicyclic) bond motifs is 1. The lowest BCUT2D eigenvalue weighted by atomic mass is 9.88. The number of benzene rings is 1. The number of hydrogen-bond donors (Lipinski definition) is 3. The van der Waals surface area contributed by atoms with E-state index in [9.17, 15) is 0 Å². The fourth-order valence-electron chi connectivity index (χ4n) is 4.82. The summed E-state index contributed by atoms with van der Waals surface area (Å²) in [5.74, 6) is 2.08. The molecule has 8 nitrogen and oxygen atoms in total. The number of H-pyrrole nitrogens is 1. The number of nitrogens with one attached hydrogen (secondary N) is 3. The van der Waals surface area contributed by atoms with Gasteiger partial charge in [-0.25, -0.2) is 4.98 Å². The highest BCUT2D eigenvalue weighted by atomic mass is 15.2. The number of aromatic nitrogens is 4. The summed E-state index contributed by atoms with van der Waals surface area (Å²) < 4.78 is 0. The van der Waals surface area contributed by atoms with Crippen molar-refractivity contribution in [3.63, 3.8) is 0 Å². The highest BCUT2D eigenvalue weighted by molar-refractivity contribution is 5.90. The summed E-state index contributed by atoms with van der Waals surface area (Å²) in [6, 6.07) is 13.6. The van der Waals surface area contributed by atoms with E-state index in [0.29, 0.717) is 36.3 Å². The number of piperidine rings is 1. The van der Waals surface area contributed by atoms with Gasteiger partial charge in [0.2, 0.25) is 5.95 Å². The normalized spacial score (nSPS) is 21.4. The molecule has 8 heteroatoms. The number of aromatic amines is 1. The summed E-state index contributed by atoms with van der Waals surface area (Å²) in [5.41, 5.74) is 1.87. The third-order valence-corrected chi connectivity index (χ3v) is 6.37. The molecule has 1 fully saturated rings. The van der Waals surface area contributed by atoms with E-state index in [1.54, 1.807) is 0 Å². The Kier molecular flexibility index (Phi) is 6.86. The van der Waals surface area contributed by atoms with Crippen LogP contribution in [0.4, 0.5) is 17.6 Å². The van der Waals surface area contributed by atoms with Gasteiger partial charge in [0.05, 0.1) is 11.6 Å². The largest absolute Gasteiger partial charge is 0.367 e. The zero-order valence-corrected chi connectivity index (χ0v) is 19.1. The van der Waals surface area contributed by atoms with Crippen LogP contribution in [0.25, 0.3) is 10.9 Å². The smallest absolute Gasteiger partial charge is 0.230 e. The van der Waals surface area contributed by atoms with E-state index in [2.05, 4.69) is 56.7 Å². The SMILES string of the molecule is CCC1CC(Nc2nc(Nc3cc(C)[nH]n3)nc3ccccc23)CC(CC)N1CCC#N. The van der Waals surface area contributed by atoms with Gasteiger partial charge in [-0.1, -0.05) is 26.0 Å². The fraction of sp³-hybridized carbons (Fsp3) is 0.500. The summed E-state index contributed by atoms with van der Waals surface area (Å²) in [6.45, 7) is 7.30. The van der Waals surface area contributed by atoms with E-state index in [-0.39, 0.29) is 0 Å². The predicted octanol–water partition coefficient (Wildman–Crippen LogP) is 4.75. The van der Waals surface area contributed by atoms with E-state index in [4.69, 9.17) is 10.2 Å². The number of rotatable bonds is 8. The monoisotopic (exact) mass is 432 g/mol. The zero-order chi connectivity index (χ0) is 22.5. The minimum Gasteiger partial charge on any atom is -0.367 e. The molecule has 168 valence electrons. The van der Waals surface area contributed by atoms with Crippen molar-refractivity contribution < 1.29 is 0 Å². The molecule has 0 radical (unpaired) electrons. The van der Waals surface area contributed by atoms with Crippen LogP contribution in [0.1, 0.15) is 51.6 Å². The molecule has 0 aliphatic carbocycles. The number of nitriles is 1. The molecule has 1 aromatic carbocycles. The van der Waals surface area contributed by atoms with Crippen molar-refractivity contribution >= 4 is 28.5 Å². The van der Waals surface area contributed by atoms with Crippen LogP contribution in [-0.4, -0.2) is 49.7 Å². The van der Waals surface area contributed by atoms with E-state index in [1.807, 2.05) is 31.2 Å². The number of para-hydroxylation sites is 1. The lowest BCUT2D eigenvalue weighted by Crippen LogP contribution is -2.52. The van der Waals surface area contributed by atoms with Crippen molar-refractivity contribution in [1.82, 2.24) is 25.1 Å². The summed E-state index contributed by atoms with van der Waals surface area (Å²) in [4.78, 5) is 12.1. The second-order valence-corrected chi connectivity index (χ2v) is 8.56. The average Bonchev–Trinajstić information content (AvgIpc) is 3.21. The molecule has 3 heterocycles. The summed E-state index contributed by atoms with van der Waals surface area (Å²) in [7, 11) is 0. The molecule has 2 unspecified atom stereocenters. The predicted molar refractivity (Wildman–Crippen MR) is 128 cm³/mol. The van der Waals surface area contributed by atoms with Crippen molar-refractivity contribution in [1.29, 1.82) is 5.26 Å². The molecule has 0 spiro atoms. The molecule has 1 aliphatic heterocycles. The molecule has 3 aromatic rings. The van der Waals surface area contributed by atoms with Crippen LogP contribution in [0.2, 0.25) is 0 Å². The van der Waals surface area contributed by atoms with Gasteiger partial charge >= 0.3 is 0 Å². The second-order valence-electron chi connectivity index (χ2n) is 8.56. The minimum absolute atomic E-state index is 0.321. The molecule has 4 rings (SSSR count). The van der Waals surface area contributed by atoms with Crippen LogP contribution in [0.15, 0.2) is 30.3 Å². The van der Waals surface area contributed by atoms with Crippen molar-refractivity contribution in [2.75, 3.05) is 17.2 Å². The van der Waals surface area contributed by atoms with Gasteiger partial charge in [-0.2, -0.15) is 15.3 Å². The molecule has 32 heavy (non-hydrogen) atoms. The van der Waals surface area contributed by atoms with Crippen molar-refractivity contribution in [2.24, 2.45) is 0 Å². The highest BCUT2D eigenvalue weighted by Gasteiger charge is 2.33. The number of nitrogens with zero attached hydrogens (tertiary/aromatic N) is 5. The Morgan fingerprint density at radius 1 is 1.16 bits per heavy atom. The molecule has 1 saturated heterocycles. The Hall–Kier alpha value is -3.18. The maximum Gasteiger partial charge on any atom is 0.230 e. The maximum absolute atomic E-state index is 9.08. The Morgan fingerprint density at radius 3 is 2.56 bits per heavy atom. The van der Waals surface area contributed by atoms with Crippen LogP contribution in [-0.2, 0) is 0 Å². The number of hydrogen-bond acceptors (Lipinski definition) is 7. The first-order chi connectivity index (χ1) is 15.6. The quantitative estimate of drug-likeness (QED) is 0.471. The molecule has 3 N–H and O–H groups in total. The third kappa shape index (κ3) is 4.83. The van der Waals surface area contributed by atoms with E-state index >= 15 is 0 Å². The number of anilines is 3. The molecular weight excluding hydrogens is 400 g/mol. The Morgan fingerprint density at radius 2 is 1.91 bits per heavy atom. The highest BCUT2D eigenvalue weighted by Crippen LogP contribution is 2.31. The van der Waals surface area contributed by atoms with E-state index in [1.165, 1.54) is 0 Å². The summed E-state index contributed by atoms with van der Waals surface area (Å²) in [5, 5.41) is 24.3. The summed E-state index contributed by atoms with van der Waals surface area (Å²) >= 11 is 0.